The highest BCUT2D eigenvalue weighted by Gasteiger charge is 2.27. The van der Waals surface area contributed by atoms with Gasteiger partial charge in [0, 0.05) is 13.1 Å². The van der Waals surface area contributed by atoms with Gasteiger partial charge in [-0.3, -0.25) is 0 Å². The summed E-state index contributed by atoms with van der Waals surface area (Å²) in [6.45, 7) is 1.64. The molecule has 2 rings (SSSR count). The number of aliphatic hydroxyl groups is 1. The molecule has 1 aromatic rings. The summed E-state index contributed by atoms with van der Waals surface area (Å²) in [6, 6.07) is 5.37. The molecule has 1 aliphatic rings. The van der Waals surface area contributed by atoms with E-state index in [2.05, 4.69) is 14.6 Å². The zero-order valence-corrected chi connectivity index (χ0v) is 11.4. The van der Waals surface area contributed by atoms with Crippen molar-refractivity contribution in [3.05, 3.63) is 29.6 Å². The van der Waals surface area contributed by atoms with Crippen LogP contribution in [0.3, 0.4) is 0 Å². The van der Waals surface area contributed by atoms with Gasteiger partial charge in [0.05, 0.1) is 18.9 Å². The van der Waals surface area contributed by atoms with Gasteiger partial charge in [-0.05, 0) is 37.9 Å². The Hall–Kier alpha value is -1.46. The van der Waals surface area contributed by atoms with Crippen LogP contribution in [0.2, 0.25) is 0 Å². The van der Waals surface area contributed by atoms with Crippen molar-refractivity contribution in [2.75, 3.05) is 20.7 Å². The molecule has 0 radical (unpaired) electrons. The monoisotopic (exact) mass is 264 g/mol. The molecular formula is C14H20N2O3. The molecule has 1 fully saturated rings. The molecule has 0 aromatic carbocycles. The fourth-order valence-electron chi connectivity index (χ4n) is 2.42. The normalized spacial score (nSPS) is 22.1. The molecule has 1 saturated carbocycles. The Morgan fingerprint density at radius 3 is 2.89 bits per heavy atom. The zero-order chi connectivity index (χ0) is 13.8. The number of rotatable bonds is 5. The largest absolute Gasteiger partial charge is 0.464 e. The lowest BCUT2D eigenvalue weighted by Gasteiger charge is -2.34. The second-order valence-electron chi connectivity index (χ2n) is 5.19. The summed E-state index contributed by atoms with van der Waals surface area (Å²) < 4.78 is 4.66. The lowest BCUT2D eigenvalue weighted by atomic mass is 9.82. The van der Waals surface area contributed by atoms with E-state index in [1.807, 2.05) is 19.2 Å². The highest BCUT2D eigenvalue weighted by Crippen LogP contribution is 2.27. The smallest absolute Gasteiger partial charge is 0.356 e. The Morgan fingerprint density at radius 1 is 1.53 bits per heavy atom. The summed E-state index contributed by atoms with van der Waals surface area (Å²) in [6.07, 6.45) is 1.67. The Bertz CT molecular complexity index is 444. The van der Waals surface area contributed by atoms with Gasteiger partial charge < -0.3 is 14.7 Å². The van der Waals surface area contributed by atoms with Crippen LogP contribution in [-0.4, -0.2) is 47.8 Å². The molecule has 1 aliphatic carbocycles. The summed E-state index contributed by atoms with van der Waals surface area (Å²) >= 11 is 0. The number of hydrogen-bond donors (Lipinski definition) is 1. The van der Waals surface area contributed by atoms with Gasteiger partial charge in [-0.2, -0.15) is 0 Å². The molecule has 0 amide bonds. The van der Waals surface area contributed by atoms with Gasteiger partial charge in [0.15, 0.2) is 0 Å². The van der Waals surface area contributed by atoms with Crippen molar-refractivity contribution < 1.29 is 14.6 Å². The Morgan fingerprint density at radius 2 is 2.26 bits per heavy atom. The Labute approximate surface area is 113 Å². The topological polar surface area (TPSA) is 62.7 Å². The fraction of sp³-hybridized carbons (Fsp3) is 0.571. The lowest BCUT2D eigenvalue weighted by molar-refractivity contribution is 0.0272. The van der Waals surface area contributed by atoms with Crippen molar-refractivity contribution in [1.29, 1.82) is 0 Å². The minimum atomic E-state index is -0.411. The summed E-state index contributed by atoms with van der Waals surface area (Å²) in [4.78, 5) is 17.8. The fourth-order valence-corrected chi connectivity index (χ4v) is 2.42. The average molecular weight is 264 g/mol. The van der Waals surface area contributed by atoms with Crippen molar-refractivity contribution >= 4 is 5.97 Å². The van der Waals surface area contributed by atoms with E-state index in [1.54, 1.807) is 6.07 Å². The number of ether oxygens (including phenoxy) is 1. The third-order valence-electron chi connectivity index (χ3n) is 3.41. The van der Waals surface area contributed by atoms with E-state index in [0.717, 1.165) is 25.1 Å². The van der Waals surface area contributed by atoms with E-state index in [0.29, 0.717) is 18.2 Å². The second kappa shape index (κ2) is 6.12. The van der Waals surface area contributed by atoms with E-state index in [1.165, 1.54) is 7.11 Å². The molecule has 0 unspecified atom stereocenters. The van der Waals surface area contributed by atoms with Crippen molar-refractivity contribution in [1.82, 2.24) is 9.88 Å². The SMILES string of the molecule is COC(=O)c1cccc(CN(C)CC2CC(O)C2)n1. The van der Waals surface area contributed by atoms with Crippen molar-refractivity contribution in [3.63, 3.8) is 0 Å². The van der Waals surface area contributed by atoms with Crippen LogP contribution in [0.4, 0.5) is 0 Å². The Balaban J connectivity index is 1.89. The van der Waals surface area contributed by atoms with Crippen LogP contribution in [0.1, 0.15) is 29.0 Å². The van der Waals surface area contributed by atoms with Crippen LogP contribution in [0, 0.1) is 5.92 Å². The summed E-state index contributed by atoms with van der Waals surface area (Å²) in [7, 11) is 3.38. The van der Waals surface area contributed by atoms with Gasteiger partial charge >= 0.3 is 5.97 Å². The molecule has 1 heterocycles. The minimum absolute atomic E-state index is 0.112. The van der Waals surface area contributed by atoms with E-state index < -0.39 is 5.97 Å². The number of carbonyl (C=O) groups is 1. The van der Waals surface area contributed by atoms with Crippen LogP contribution in [0.5, 0.6) is 0 Å². The molecule has 1 aromatic heterocycles. The zero-order valence-electron chi connectivity index (χ0n) is 11.4. The molecule has 0 aliphatic heterocycles. The molecular weight excluding hydrogens is 244 g/mol. The third kappa shape index (κ3) is 3.75. The first kappa shape index (κ1) is 14.0. The predicted octanol–water partition coefficient (Wildman–Crippen LogP) is 1.07. The van der Waals surface area contributed by atoms with E-state index >= 15 is 0 Å². The third-order valence-corrected chi connectivity index (χ3v) is 3.41. The number of hydrogen-bond acceptors (Lipinski definition) is 5. The van der Waals surface area contributed by atoms with E-state index in [9.17, 15) is 9.90 Å². The number of aromatic nitrogens is 1. The number of pyridine rings is 1. The average Bonchev–Trinajstić information content (AvgIpc) is 2.36. The molecule has 19 heavy (non-hydrogen) atoms. The summed E-state index contributed by atoms with van der Waals surface area (Å²) in [5, 5.41) is 9.26. The molecule has 5 nitrogen and oxygen atoms in total. The summed E-state index contributed by atoms with van der Waals surface area (Å²) in [5.74, 6) is 0.162. The van der Waals surface area contributed by atoms with Gasteiger partial charge in [0.25, 0.3) is 0 Å². The maximum absolute atomic E-state index is 11.4. The molecule has 104 valence electrons. The Kier molecular flexibility index (Phi) is 4.50. The first-order valence-electron chi connectivity index (χ1n) is 6.49. The highest BCUT2D eigenvalue weighted by molar-refractivity contribution is 5.87. The molecule has 0 bridgehead atoms. The van der Waals surface area contributed by atoms with Gasteiger partial charge in [0.2, 0.25) is 0 Å². The van der Waals surface area contributed by atoms with E-state index in [4.69, 9.17) is 0 Å². The van der Waals surface area contributed by atoms with Gasteiger partial charge in [-0.25, -0.2) is 9.78 Å². The molecule has 0 saturated heterocycles. The highest BCUT2D eigenvalue weighted by atomic mass is 16.5. The van der Waals surface area contributed by atoms with Crippen molar-refractivity contribution in [3.8, 4) is 0 Å². The van der Waals surface area contributed by atoms with Crippen LogP contribution in [0.25, 0.3) is 0 Å². The minimum Gasteiger partial charge on any atom is -0.464 e. The number of esters is 1. The van der Waals surface area contributed by atoms with Gasteiger partial charge in [-0.15, -0.1) is 0 Å². The van der Waals surface area contributed by atoms with E-state index in [-0.39, 0.29) is 6.10 Å². The quantitative estimate of drug-likeness (QED) is 0.806. The molecule has 0 spiro atoms. The second-order valence-corrected chi connectivity index (χ2v) is 5.19. The number of methoxy groups -OCH3 is 1. The van der Waals surface area contributed by atoms with Crippen LogP contribution in [0.15, 0.2) is 18.2 Å². The molecule has 1 N–H and O–H groups in total. The molecule has 5 heteroatoms. The predicted molar refractivity (Wildman–Crippen MR) is 70.6 cm³/mol. The van der Waals surface area contributed by atoms with Crippen LogP contribution < -0.4 is 0 Å². The number of nitrogens with zero attached hydrogens (tertiary/aromatic N) is 2. The molecule has 0 atom stereocenters. The lowest BCUT2D eigenvalue weighted by Crippen LogP contribution is -2.36. The van der Waals surface area contributed by atoms with Crippen LogP contribution in [-0.2, 0) is 11.3 Å². The van der Waals surface area contributed by atoms with Crippen molar-refractivity contribution in [2.45, 2.75) is 25.5 Å². The maximum atomic E-state index is 11.4. The first-order chi connectivity index (χ1) is 9.08. The standard InChI is InChI=1S/C14H20N2O3/c1-16(8-10-6-12(17)7-10)9-11-4-3-5-13(15-11)14(18)19-2/h3-5,10,12,17H,6-9H2,1-2H3. The first-order valence-corrected chi connectivity index (χ1v) is 6.49. The number of aliphatic hydroxyl groups excluding tert-OH is 1. The van der Waals surface area contributed by atoms with Crippen molar-refractivity contribution in [2.24, 2.45) is 5.92 Å². The van der Waals surface area contributed by atoms with Gasteiger partial charge in [0.1, 0.15) is 5.69 Å². The van der Waals surface area contributed by atoms with Crippen LogP contribution >= 0.6 is 0 Å². The summed E-state index contributed by atoms with van der Waals surface area (Å²) in [5.41, 5.74) is 1.19. The maximum Gasteiger partial charge on any atom is 0.356 e. The van der Waals surface area contributed by atoms with Gasteiger partial charge in [-0.1, -0.05) is 6.07 Å². The number of carbonyl (C=O) groups excluding carboxylic acids is 1.